The maximum absolute atomic E-state index is 14.1. The zero-order chi connectivity index (χ0) is 23.6. The average Bonchev–Trinajstić information content (AvgIpc) is 2.83. The van der Waals surface area contributed by atoms with Crippen LogP contribution in [0.5, 0.6) is 5.75 Å². The van der Waals surface area contributed by atoms with Gasteiger partial charge in [-0.1, -0.05) is 64.0 Å². The van der Waals surface area contributed by atoms with Gasteiger partial charge in [-0.25, -0.2) is 0 Å². The van der Waals surface area contributed by atoms with Gasteiger partial charge in [0.05, 0.1) is 5.56 Å². The summed E-state index contributed by atoms with van der Waals surface area (Å²) in [6.07, 6.45) is 12.4. The molecule has 1 aromatic rings. The van der Waals surface area contributed by atoms with Crippen molar-refractivity contribution < 1.29 is 19.1 Å². The summed E-state index contributed by atoms with van der Waals surface area (Å²) in [7, 11) is 0. The van der Waals surface area contributed by atoms with Crippen molar-refractivity contribution in [2.45, 2.75) is 103 Å². The molecule has 0 spiro atoms. The van der Waals surface area contributed by atoms with Gasteiger partial charge in [-0.2, -0.15) is 0 Å². The Morgan fingerprint density at radius 1 is 1.00 bits per heavy atom. The predicted octanol–water partition coefficient (Wildman–Crippen LogP) is 5.25. The van der Waals surface area contributed by atoms with Crippen molar-refractivity contribution >= 4 is 17.8 Å². The first-order chi connectivity index (χ1) is 16.0. The minimum atomic E-state index is -0.483. The Hall–Kier alpha value is -2.37. The second-order valence-electron chi connectivity index (χ2n) is 9.58. The van der Waals surface area contributed by atoms with Crippen LogP contribution in [0.1, 0.15) is 101 Å². The van der Waals surface area contributed by atoms with Crippen molar-refractivity contribution in [3.63, 3.8) is 0 Å². The minimum absolute atomic E-state index is 0.0282. The third-order valence-corrected chi connectivity index (χ3v) is 7.07. The topological polar surface area (TPSA) is 75.7 Å². The summed E-state index contributed by atoms with van der Waals surface area (Å²) in [5, 5.41) is 3.14. The quantitative estimate of drug-likeness (QED) is 0.313. The SMILES string of the molecule is CCCCNC(=O)C(C1CCCCC1)N(C(=O)c1ccccc1OC(C)=O)C1CCCCC1. The van der Waals surface area contributed by atoms with Crippen LogP contribution in [0, 0.1) is 5.92 Å². The fourth-order valence-corrected chi connectivity index (χ4v) is 5.42. The molecular weight excluding hydrogens is 416 g/mol. The molecule has 1 aromatic carbocycles. The van der Waals surface area contributed by atoms with Crippen LogP contribution in [-0.4, -0.2) is 41.3 Å². The van der Waals surface area contributed by atoms with E-state index in [1.165, 1.54) is 19.8 Å². The van der Waals surface area contributed by atoms with Gasteiger partial charge in [0.15, 0.2) is 0 Å². The van der Waals surface area contributed by atoms with Crippen LogP contribution in [0.2, 0.25) is 0 Å². The van der Waals surface area contributed by atoms with Gasteiger partial charge in [0.2, 0.25) is 5.91 Å². The lowest BCUT2D eigenvalue weighted by Gasteiger charge is -2.43. The lowest BCUT2D eigenvalue weighted by molar-refractivity contribution is -0.132. The number of nitrogens with zero attached hydrogens (tertiary/aromatic N) is 1. The van der Waals surface area contributed by atoms with E-state index >= 15 is 0 Å². The number of unbranched alkanes of at least 4 members (excludes halogenated alkanes) is 1. The van der Waals surface area contributed by atoms with Crippen LogP contribution in [0.25, 0.3) is 0 Å². The van der Waals surface area contributed by atoms with E-state index in [1.54, 1.807) is 24.3 Å². The molecule has 182 valence electrons. The standard InChI is InChI=1S/C27H40N2O4/c1-3-4-19-28-26(31)25(21-13-7-5-8-14-21)29(22-15-9-6-10-16-22)27(32)23-17-11-12-18-24(23)33-20(2)30/h11-12,17-18,21-22,25H,3-10,13-16,19H2,1-2H3,(H,28,31). The van der Waals surface area contributed by atoms with E-state index < -0.39 is 12.0 Å². The minimum Gasteiger partial charge on any atom is -0.426 e. The highest BCUT2D eigenvalue weighted by Gasteiger charge is 2.41. The smallest absolute Gasteiger partial charge is 0.308 e. The van der Waals surface area contributed by atoms with Gasteiger partial charge in [-0.3, -0.25) is 14.4 Å². The maximum Gasteiger partial charge on any atom is 0.308 e. The number of rotatable bonds is 9. The second kappa shape index (κ2) is 12.8. The largest absolute Gasteiger partial charge is 0.426 e. The Morgan fingerprint density at radius 2 is 1.64 bits per heavy atom. The first-order valence-electron chi connectivity index (χ1n) is 12.9. The zero-order valence-electron chi connectivity index (χ0n) is 20.3. The summed E-state index contributed by atoms with van der Waals surface area (Å²) in [6.45, 7) is 4.08. The molecule has 0 aliphatic heterocycles. The predicted molar refractivity (Wildman–Crippen MR) is 129 cm³/mol. The molecule has 1 unspecified atom stereocenters. The molecule has 0 aromatic heterocycles. The van der Waals surface area contributed by atoms with E-state index in [2.05, 4.69) is 12.2 Å². The molecule has 0 radical (unpaired) electrons. The van der Waals surface area contributed by atoms with Crippen molar-refractivity contribution in [3.8, 4) is 5.75 Å². The summed E-state index contributed by atoms with van der Waals surface area (Å²) in [4.78, 5) is 41.3. The molecule has 0 heterocycles. The van der Waals surface area contributed by atoms with Gasteiger partial charge in [-0.05, 0) is 50.2 Å². The molecule has 3 rings (SSSR count). The summed E-state index contributed by atoms with van der Waals surface area (Å²) in [6, 6.07) is 6.46. The molecule has 1 N–H and O–H groups in total. The molecule has 6 nitrogen and oxygen atoms in total. The van der Waals surface area contributed by atoms with Crippen molar-refractivity contribution in [2.75, 3.05) is 6.54 Å². The van der Waals surface area contributed by atoms with Crippen LogP contribution in [0.4, 0.5) is 0 Å². The van der Waals surface area contributed by atoms with E-state index in [-0.39, 0.29) is 29.5 Å². The fraction of sp³-hybridized carbons (Fsp3) is 0.667. The number of benzene rings is 1. The van der Waals surface area contributed by atoms with Gasteiger partial charge in [0.1, 0.15) is 11.8 Å². The molecule has 33 heavy (non-hydrogen) atoms. The summed E-state index contributed by atoms with van der Waals surface area (Å²) < 4.78 is 5.38. The first-order valence-corrected chi connectivity index (χ1v) is 12.9. The number of hydrogen-bond acceptors (Lipinski definition) is 4. The highest BCUT2D eigenvalue weighted by Crippen LogP contribution is 2.35. The van der Waals surface area contributed by atoms with Crippen LogP contribution in [-0.2, 0) is 9.59 Å². The van der Waals surface area contributed by atoms with Gasteiger partial charge in [-0.15, -0.1) is 0 Å². The number of para-hydroxylation sites is 1. The molecule has 2 amide bonds. The Morgan fingerprint density at radius 3 is 2.27 bits per heavy atom. The number of esters is 1. The van der Waals surface area contributed by atoms with E-state index in [0.29, 0.717) is 12.1 Å². The number of amides is 2. The molecule has 2 saturated carbocycles. The zero-order valence-corrected chi connectivity index (χ0v) is 20.3. The molecule has 0 bridgehead atoms. The normalized spacial score (nSPS) is 18.4. The Kier molecular flexibility index (Phi) is 9.76. The average molecular weight is 457 g/mol. The van der Waals surface area contributed by atoms with Crippen LogP contribution in [0.15, 0.2) is 24.3 Å². The molecule has 0 saturated heterocycles. The lowest BCUT2D eigenvalue weighted by Crippen LogP contribution is -2.57. The number of carbonyl (C=O) groups excluding carboxylic acids is 3. The van der Waals surface area contributed by atoms with Crippen molar-refractivity contribution in [1.82, 2.24) is 10.2 Å². The summed E-state index contributed by atoms with van der Waals surface area (Å²) >= 11 is 0. The van der Waals surface area contributed by atoms with Crippen LogP contribution in [0.3, 0.4) is 0 Å². The Balaban J connectivity index is 1.99. The molecule has 1 atom stereocenters. The molecule has 2 aliphatic carbocycles. The first kappa shape index (κ1) is 25.3. The number of carbonyl (C=O) groups is 3. The van der Waals surface area contributed by atoms with Crippen LogP contribution >= 0.6 is 0 Å². The maximum atomic E-state index is 14.1. The summed E-state index contributed by atoms with van der Waals surface area (Å²) in [5.74, 6) is -0.253. The van der Waals surface area contributed by atoms with E-state index in [0.717, 1.165) is 64.2 Å². The third kappa shape index (κ3) is 6.81. The number of hydrogen-bond donors (Lipinski definition) is 1. The summed E-state index contributed by atoms with van der Waals surface area (Å²) in [5.41, 5.74) is 0.362. The molecular formula is C27H40N2O4. The van der Waals surface area contributed by atoms with Crippen molar-refractivity contribution in [1.29, 1.82) is 0 Å². The van der Waals surface area contributed by atoms with E-state index in [1.807, 2.05) is 4.90 Å². The third-order valence-electron chi connectivity index (χ3n) is 7.07. The fourth-order valence-electron chi connectivity index (χ4n) is 5.42. The lowest BCUT2D eigenvalue weighted by atomic mass is 9.81. The van der Waals surface area contributed by atoms with Gasteiger partial charge in [0.25, 0.3) is 5.91 Å². The van der Waals surface area contributed by atoms with Crippen molar-refractivity contribution in [3.05, 3.63) is 29.8 Å². The van der Waals surface area contributed by atoms with Crippen molar-refractivity contribution in [2.24, 2.45) is 5.92 Å². The number of ether oxygens (including phenoxy) is 1. The number of nitrogens with one attached hydrogen (secondary N) is 1. The molecule has 2 fully saturated rings. The Bertz CT molecular complexity index is 797. The van der Waals surface area contributed by atoms with Gasteiger partial charge >= 0.3 is 5.97 Å². The molecule has 6 heteroatoms. The molecule has 2 aliphatic rings. The van der Waals surface area contributed by atoms with E-state index in [9.17, 15) is 14.4 Å². The Labute approximate surface area is 198 Å². The van der Waals surface area contributed by atoms with Gasteiger partial charge in [0, 0.05) is 19.5 Å². The van der Waals surface area contributed by atoms with E-state index in [4.69, 9.17) is 4.74 Å². The monoisotopic (exact) mass is 456 g/mol. The highest BCUT2D eigenvalue weighted by atomic mass is 16.5. The highest BCUT2D eigenvalue weighted by molar-refractivity contribution is 6.00. The van der Waals surface area contributed by atoms with Gasteiger partial charge < -0.3 is 15.0 Å². The van der Waals surface area contributed by atoms with Crippen LogP contribution < -0.4 is 10.1 Å². The second-order valence-corrected chi connectivity index (χ2v) is 9.58.